The fourth-order valence-electron chi connectivity index (χ4n) is 5.08. The second kappa shape index (κ2) is 9.08. The minimum atomic E-state index is 0.0466. The molecule has 32 heavy (non-hydrogen) atoms. The fraction of sp³-hybridized carbons (Fsp3) is 0.520. The molecule has 0 amide bonds. The van der Waals surface area contributed by atoms with Crippen molar-refractivity contribution in [3.63, 3.8) is 0 Å². The number of rotatable bonds is 5. The monoisotopic (exact) mass is 434 g/mol. The molecule has 0 unspecified atom stereocenters. The van der Waals surface area contributed by atoms with Gasteiger partial charge in [-0.1, -0.05) is 25.1 Å². The van der Waals surface area contributed by atoms with E-state index in [0.29, 0.717) is 0 Å². The second-order valence-corrected chi connectivity index (χ2v) is 9.25. The lowest BCUT2D eigenvalue weighted by Crippen LogP contribution is -2.45. The van der Waals surface area contributed by atoms with Gasteiger partial charge < -0.3 is 14.4 Å². The van der Waals surface area contributed by atoms with Gasteiger partial charge in [0, 0.05) is 81.4 Å². The van der Waals surface area contributed by atoms with Crippen LogP contribution in [0, 0.1) is 0 Å². The summed E-state index contributed by atoms with van der Waals surface area (Å²) in [7, 11) is 2.14. The zero-order valence-electron chi connectivity index (χ0n) is 19.3. The summed E-state index contributed by atoms with van der Waals surface area (Å²) in [4.78, 5) is 27.9. The number of piperazine rings is 1. The first-order valence-electron chi connectivity index (χ1n) is 12.0. The van der Waals surface area contributed by atoms with Crippen LogP contribution in [0.4, 0.5) is 5.95 Å². The highest BCUT2D eigenvalue weighted by Gasteiger charge is 2.22. The number of anilines is 1. The number of aromatic amines is 1. The molecule has 3 aromatic rings. The first-order valence-corrected chi connectivity index (χ1v) is 12.0. The summed E-state index contributed by atoms with van der Waals surface area (Å²) in [6.45, 7) is 9.81. The number of aryl methyl sites for hydroxylation is 1. The third kappa shape index (κ3) is 4.19. The number of hydrogen-bond acceptors (Lipinski definition) is 5. The highest BCUT2D eigenvalue weighted by Crippen LogP contribution is 2.24. The van der Waals surface area contributed by atoms with E-state index < -0.39 is 0 Å². The summed E-state index contributed by atoms with van der Waals surface area (Å²) >= 11 is 0. The number of para-hydroxylation sites is 1. The van der Waals surface area contributed by atoms with Gasteiger partial charge in [-0.2, -0.15) is 0 Å². The summed E-state index contributed by atoms with van der Waals surface area (Å²) in [6, 6.07) is 8.70. The van der Waals surface area contributed by atoms with E-state index >= 15 is 0 Å². The van der Waals surface area contributed by atoms with E-state index in [-0.39, 0.29) is 5.56 Å². The van der Waals surface area contributed by atoms with Crippen molar-refractivity contribution >= 4 is 16.9 Å². The van der Waals surface area contributed by atoms with Crippen molar-refractivity contribution in [3.05, 3.63) is 57.6 Å². The molecule has 0 atom stereocenters. The highest BCUT2D eigenvalue weighted by molar-refractivity contribution is 5.83. The quantitative estimate of drug-likeness (QED) is 0.669. The molecule has 7 heteroatoms. The molecule has 0 bridgehead atoms. The van der Waals surface area contributed by atoms with Crippen molar-refractivity contribution < 1.29 is 0 Å². The highest BCUT2D eigenvalue weighted by atomic mass is 16.1. The molecular weight excluding hydrogens is 400 g/mol. The van der Waals surface area contributed by atoms with Crippen LogP contribution in [0.25, 0.3) is 10.9 Å². The van der Waals surface area contributed by atoms with Crippen LogP contribution in [0.15, 0.2) is 35.3 Å². The molecule has 4 heterocycles. The Morgan fingerprint density at radius 1 is 1.03 bits per heavy atom. The van der Waals surface area contributed by atoms with Crippen LogP contribution < -0.4 is 10.5 Å². The van der Waals surface area contributed by atoms with Gasteiger partial charge in [-0.25, -0.2) is 4.98 Å². The molecule has 7 nitrogen and oxygen atoms in total. The lowest BCUT2D eigenvalue weighted by atomic mass is 10.1. The first-order chi connectivity index (χ1) is 15.6. The zero-order valence-corrected chi connectivity index (χ0v) is 19.3. The van der Waals surface area contributed by atoms with E-state index in [4.69, 9.17) is 4.98 Å². The van der Waals surface area contributed by atoms with Crippen LogP contribution in [0.2, 0.25) is 0 Å². The molecule has 2 aliphatic rings. The third-order valence-electron chi connectivity index (χ3n) is 6.96. The minimum Gasteiger partial charge on any atom is -0.347 e. The van der Waals surface area contributed by atoms with Gasteiger partial charge in [0.05, 0.1) is 5.69 Å². The molecule has 2 aromatic heterocycles. The Bertz CT molecular complexity index is 1140. The van der Waals surface area contributed by atoms with E-state index in [2.05, 4.69) is 68.7 Å². The minimum absolute atomic E-state index is 0.0466. The van der Waals surface area contributed by atoms with E-state index in [0.717, 1.165) is 88.8 Å². The smallest absolute Gasteiger partial charge is 0.255 e. The predicted octanol–water partition coefficient (Wildman–Crippen LogP) is 2.49. The van der Waals surface area contributed by atoms with Gasteiger partial charge in [0.25, 0.3) is 5.56 Å². The Balaban J connectivity index is 1.34. The maximum absolute atomic E-state index is 12.9. The van der Waals surface area contributed by atoms with Crippen LogP contribution in [0.5, 0.6) is 0 Å². The van der Waals surface area contributed by atoms with Crippen molar-refractivity contribution in [3.8, 4) is 0 Å². The molecule has 5 rings (SSSR count). The van der Waals surface area contributed by atoms with Gasteiger partial charge in [0.1, 0.15) is 0 Å². The van der Waals surface area contributed by atoms with Crippen LogP contribution in [-0.2, 0) is 25.9 Å². The van der Waals surface area contributed by atoms with Crippen molar-refractivity contribution in [2.45, 2.75) is 39.3 Å². The van der Waals surface area contributed by atoms with E-state index in [1.54, 1.807) is 0 Å². The summed E-state index contributed by atoms with van der Waals surface area (Å²) in [6.07, 6.45) is 5.03. The van der Waals surface area contributed by atoms with Gasteiger partial charge in [-0.3, -0.25) is 14.7 Å². The Labute approximate surface area is 189 Å². The predicted molar refractivity (Wildman–Crippen MR) is 129 cm³/mol. The molecule has 2 aliphatic heterocycles. The number of nitrogens with zero attached hydrogens (tertiary/aromatic N) is 5. The van der Waals surface area contributed by atoms with Gasteiger partial charge in [0.2, 0.25) is 5.95 Å². The molecule has 1 saturated heterocycles. The molecule has 0 radical (unpaired) electrons. The molecule has 1 N–H and O–H groups in total. The van der Waals surface area contributed by atoms with Crippen LogP contribution in [0.1, 0.15) is 30.2 Å². The lowest BCUT2D eigenvalue weighted by Gasteiger charge is -2.32. The normalized spacial score (nSPS) is 18.1. The Kier molecular flexibility index (Phi) is 6.02. The Morgan fingerprint density at radius 2 is 1.81 bits per heavy atom. The number of fused-ring (bicyclic) bond motifs is 2. The summed E-state index contributed by atoms with van der Waals surface area (Å²) in [5, 5.41) is 1.34. The van der Waals surface area contributed by atoms with Crippen LogP contribution in [-0.4, -0.2) is 70.7 Å². The van der Waals surface area contributed by atoms with Crippen molar-refractivity contribution in [2.75, 3.05) is 51.2 Å². The Morgan fingerprint density at radius 3 is 2.62 bits per heavy atom. The van der Waals surface area contributed by atoms with Gasteiger partial charge in [0.15, 0.2) is 0 Å². The average Bonchev–Trinajstić information content (AvgIpc) is 3.00. The zero-order chi connectivity index (χ0) is 22.1. The van der Waals surface area contributed by atoms with E-state index in [1.165, 1.54) is 16.5 Å². The number of aromatic nitrogens is 3. The standard InChI is InChI=1S/C25H34N6O/c1-3-10-31-18-19(20-6-4-5-7-23(20)31)17-29-11-8-21-22(9-12-29)26-25(27-24(21)32)30-15-13-28(2)14-16-30/h4-7,18H,3,8-17H2,1-2H3,(H,26,27,32). The molecule has 1 fully saturated rings. The van der Waals surface area contributed by atoms with Gasteiger partial charge >= 0.3 is 0 Å². The topological polar surface area (TPSA) is 60.4 Å². The van der Waals surface area contributed by atoms with Crippen molar-refractivity contribution in [2.24, 2.45) is 0 Å². The van der Waals surface area contributed by atoms with Gasteiger partial charge in [-0.15, -0.1) is 0 Å². The SMILES string of the molecule is CCCn1cc(CN2CCc3nc(N4CCN(C)CC4)[nH]c(=O)c3CC2)c2ccccc21. The number of H-pyrrole nitrogens is 1. The second-order valence-electron chi connectivity index (χ2n) is 9.25. The number of hydrogen-bond donors (Lipinski definition) is 1. The Hall–Kier alpha value is -2.64. The van der Waals surface area contributed by atoms with Crippen molar-refractivity contribution in [1.29, 1.82) is 0 Å². The van der Waals surface area contributed by atoms with Crippen LogP contribution >= 0.6 is 0 Å². The van der Waals surface area contributed by atoms with E-state index in [9.17, 15) is 4.79 Å². The number of benzene rings is 1. The molecule has 0 saturated carbocycles. The number of likely N-dealkylation sites (N-methyl/N-ethyl adjacent to an activating group) is 1. The molecule has 0 spiro atoms. The maximum Gasteiger partial charge on any atom is 0.255 e. The average molecular weight is 435 g/mol. The largest absolute Gasteiger partial charge is 0.347 e. The summed E-state index contributed by atoms with van der Waals surface area (Å²) < 4.78 is 2.38. The summed E-state index contributed by atoms with van der Waals surface area (Å²) in [5.41, 5.74) is 4.60. The number of nitrogens with one attached hydrogen (secondary N) is 1. The maximum atomic E-state index is 12.9. The van der Waals surface area contributed by atoms with Gasteiger partial charge in [-0.05, 0) is 31.5 Å². The molecule has 1 aromatic carbocycles. The summed E-state index contributed by atoms with van der Waals surface area (Å²) in [5.74, 6) is 0.748. The molecule has 170 valence electrons. The molecule has 0 aliphatic carbocycles. The van der Waals surface area contributed by atoms with Crippen molar-refractivity contribution in [1.82, 2.24) is 24.3 Å². The molecular formula is C25H34N6O. The fourth-order valence-corrected chi connectivity index (χ4v) is 5.08. The van der Waals surface area contributed by atoms with Crippen LogP contribution in [0.3, 0.4) is 0 Å². The third-order valence-corrected chi connectivity index (χ3v) is 6.96. The lowest BCUT2D eigenvalue weighted by molar-refractivity contribution is 0.279. The van der Waals surface area contributed by atoms with E-state index in [1.807, 2.05) is 0 Å². The first kappa shape index (κ1) is 21.2.